The van der Waals surface area contributed by atoms with Crippen LogP contribution in [0.3, 0.4) is 0 Å². The van der Waals surface area contributed by atoms with E-state index in [0.717, 1.165) is 0 Å². The van der Waals surface area contributed by atoms with Gasteiger partial charge in [0.15, 0.2) is 0 Å². The van der Waals surface area contributed by atoms with E-state index in [1.54, 1.807) is 0 Å². The largest absolute Gasteiger partial charge is 0.356 e. The van der Waals surface area contributed by atoms with Crippen LogP contribution in [0.5, 0.6) is 0 Å². The van der Waals surface area contributed by atoms with Gasteiger partial charge in [-0.1, -0.05) is 0 Å². The van der Waals surface area contributed by atoms with Gasteiger partial charge in [-0.15, -0.1) is 0 Å². The third kappa shape index (κ3) is 64.5. The fourth-order valence-electron chi connectivity index (χ4n) is 0. The standard InChI is InChI=1S/NO3.Y.Zr/c2-1(3)4;;/q-1;;. The Labute approximate surface area is 78.4 Å². The molecule has 1 radical (unpaired) electrons. The van der Waals surface area contributed by atoms with Crippen LogP contribution in [0.1, 0.15) is 0 Å². The van der Waals surface area contributed by atoms with Crippen molar-refractivity contribution in [2.45, 2.75) is 0 Å². The van der Waals surface area contributed by atoms with Gasteiger partial charge in [0.2, 0.25) is 0 Å². The Bertz CT molecular complexity index is 33.8. The molecule has 0 aliphatic rings. The molecule has 0 rings (SSSR count). The maximum absolute atomic E-state index is 8.25. The molecule has 6 heavy (non-hydrogen) atoms. The first-order chi connectivity index (χ1) is 1.73. The van der Waals surface area contributed by atoms with Gasteiger partial charge in [0, 0.05) is 58.9 Å². The first kappa shape index (κ1) is 15.7. The van der Waals surface area contributed by atoms with Gasteiger partial charge in [-0.3, -0.25) is 0 Å². The van der Waals surface area contributed by atoms with Crippen LogP contribution < -0.4 is 0 Å². The van der Waals surface area contributed by atoms with E-state index in [0.29, 0.717) is 0 Å². The molecule has 0 bridgehead atoms. The molecule has 6 heteroatoms. The van der Waals surface area contributed by atoms with Crippen LogP contribution in [0.2, 0.25) is 0 Å². The van der Waals surface area contributed by atoms with Crippen molar-refractivity contribution in [2.75, 3.05) is 0 Å². The minimum absolute atomic E-state index is 0. The second-order valence-corrected chi connectivity index (χ2v) is 0.224. The summed E-state index contributed by atoms with van der Waals surface area (Å²) in [6.45, 7) is 0. The van der Waals surface area contributed by atoms with Crippen LogP contribution in [-0.4, -0.2) is 5.09 Å². The summed E-state index contributed by atoms with van der Waals surface area (Å²) < 4.78 is 0. The Morgan fingerprint density at radius 1 is 1.33 bits per heavy atom. The van der Waals surface area contributed by atoms with Gasteiger partial charge in [-0.05, 0) is 0 Å². The van der Waals surface area contributed by atoms with Crippen LogP contribution >= 0.6 is 0 Å². The van der Waals surface area contributed by atoms with Crippen molar-refractivity contribution in [3.8, 4) is 0 Å². The Morgan fingerprint density at radius 2 is 1.33 bits per heavy atom. The molecule has 0 amide bonds. The van der Waals surface area contributed by atoms with Crippen molar-refractivity contribution in [1.29, 1.82) is 0 Å². The number of hydrogen-bond donors (Lipinski definition) is 0. The van der Waals surface area contributed by atoms with E-state index in [2.05, 4.69) is 0 Å². The molecule has 0 unspecified atom stereocenters. The van der Waals surface area contributed by atoms with Crippen molar-refractivity contribution in [1.82, 2.24) is 0 Å². The molecule has 0 aromatic carbocycles. The van der Waals surface area contributed by atoms with Gasteiger partial charge in [-0.25, -0.2) is 0 Å². The van der Waals surface area contributed by atoms with Crippen molar-refractivity contribution < 1.29 is 64.0 Å². The van der Waals surface area contributed by atoms with Crippen LogP contribution in [0.15, 0.2) is 0 Å². The molecule has 0 fully saturated rings. The predicted molar refractivity (Wildman–Crippen MR) is 10.4 cm³/mol. The average Bonchev–Trinajstić information content (AvgIpc) is 0.811. The minimum Gasteiger partial charge on any atom is -0.356 e. The smallest absolute Gasteiger partial charge is 0.0689 e. The third-order valence-electron chi connectivity index (χ3n) is 0. The molecule has 31 valence electrons. The third-order valence-corrected chi connectivity index (χ3v) is 0. The van der Waals surface area contributed by atoms with Crippen molar-refractivity contribution in [3.05, 3.63) is 15.3 Å². The predicted octanol–water partition coefficient (Wildman–Crippen LogP) is -0.244. The molecule has 0 aliphatic carbocycles. The molecule has 0 heterocycles. The maximum Gasteiger partial charge on any atom is 0.0689 e. The SMILES string of the molecule is O=[N+]([O-])[O-].[Y].[Zr]. The van der Waals surface area contributed by atoms with E-state index in [-0.39, 0.29) is 58.9 Å². The Hall–Kier alpha value is 1.19. The summed E-state index contributed by atoms with van der Waals surface area (Å²) >= 11 is 0. The molecular weight excluding hydrogens is 242 g/mol. The van der Waals surface area contributed by atoms with Gasteiger partial charge in [-0.2, -0.15) is 0 Å². The monoisotopic (exact) mass is 241 g/mol. The van der Waals surface area contributed by atoms with Crippen LogP contribution in [-0.2, 0) is 58.9 Å². The van der Waals surface area contributed by atoms with E-state index in [9.17, 15) is 0 Å². The second-order valence-electron chi connectivity index (χ2n) is 0.224. The molecule has 0 atom stereocenters. The van der Waals surface area contributed by atoms with Gasteiger partial charge in [0.25, 0.3) is 0 Å². The molecule has 4 nitrogen and oxygen atoms in total. The molecular formula is NO3YZr-. The number of nitrogens with zero attached hydrogens (tertiary/aromatic N) is 1. The van der Waals surface area contributed by atoms with E-state index in [1.165, 1.54) is 0 Å². The van der Waals surface area contributed by atoms with Crippen molar-refractivity contribution >= 4 is 0 Å². The zero-order valence-corrected chi connectivity index (χ0v) is 8.05. The van der Waals surface area contributed by atoms with E-state index in [4.69, 9.17) is 15.3 Å². The topological polar surface area (TPSA) is 66.2 Å². The molecule has 0 aliphatic heterocycles. The average molecular weight is 242 g/mol. The van der Waals surface area contributed by atoms with E-state index in [1.807, 2.05) is 0 Å². The molecule has 0 aromatic heterocycles. The van der Waals surface area contributed by atoms with Crippen LogP contribution in [0.25, 0.3) is 0 Å². The van der Waals surface area contributed by atoms with E-state index < -0.39 is 5.09 Å². The maximum atomic E-state index is 8.25. The molecule has 0 saturated heterocycles. The van der Waals surface area contributed by atoms with Gasteiger partial charge >= 0.3 is 0 Å². The summed E-state index contributed by atoms with van der Waals surface area (Å²) in [6.07, 6.45) is 0. The van der Waals surface area contributed by atoms with Gasteiger partial charge in [0.1, 0.15) is 0 Å². The first-order valence-corrected chi connectivity index (χ1v) is 0.548. The number of rotatable bonds is 0. The first-order valence-electron chi connectivity index (χ1n) is 0.548. The summed E-state index contributed by atoms with van der Waals surface area (Å²) in [5.41, 5.74) is 0. The Morgan fingerprint density at radius 3 is 1.33 bits per heavy atom. The summed E-state index contributed by atoms with van der Waals surface area (Å²) in [7, 11) is 0. The second kappa shape index (κ2) is 9.50. The van der Waals surface area contributed by atoms with Crippen LogP contribution in [0, 0.1) is 15.3 Å². The quantitative estimate of drug-likeness (QED) is 0.434. The number of hydrogen-bond acceptors (Lipinski definition) is 3. The van der Waals surface area contributed by atoms with Gasteiger partial charge < -0.3 is 15.3 Å². The van der Waals surface area contributed by atoms with Crippen LogP contribution in [0.4, 0.5) is 0 Å². The van der Waals surface area contributed by atoms with Gasteiger partial charge in [0.05, 0.1) is 5.09 Å². The van der Waals surface area contributed by atoms with E-state index >= 15 is 0 Å². The summed E-state index contributed by atoms with van der Waals surface area (Å²) in [5, 5.41) is 14.8. The Kier molecular flexibility index (Phi) is 24.8. The molecule has 0 spiro atoms. The zero-order chi connectivity index (χ0) is 3.58. The normalized spacial score (nSPS) is 4.00. The Balaban J connectivity index is -0.0000000450. The fraction of sp³-hybridized carbons (Fsp3) is 0. The molecule has 0 aromatic rings. The summed E-state index contributed by atoms with van der Waals surface area (Å²) in [5.74, 6) is 0. The summed E-state index contributed by atoms with van der Waals surface area (Å²) in [4.78, 5) is 8.25. The zero-order valence-electron chi connectivity index (χ0n) is 2.75. The fourth-order valence-corrected chi connectivity index (χ4v) is 0. The summed E-state index contributed by atoms with van der Waals surface area (Å²) in [6, 6.07) is 0. The molecule has 0 saturated carbocycles. The van der Waals surface area contributed by atoms with Crippen molar-refractivity contribution in [3.63, 3.8) is 0 Å². The van der Waals surface area contributed by atoms with Crippen molar-refractivity contribution in [2.24, 2.45) is 0 Å². The minimum atomic E-state index is -1.75. The molecule has 0 N–H and O–H groups in total.